The number of nitrogens with one attached hydrogen (secondary N) is 1. The molecule has 0 aliphatic carbocycles. The van der Waals surface area contributed by atoms with Gasteiger partial charge in [-0.25, -0.2) is 9.37 Å². The first-order chi connectivity index (χ1) is 16.5. The van der Waals surface area contributed by atoms with Crippen LogP contribution in [0.4, 0.5) is 4.39 Å². The number of rotatable bonds is 9. The molecule has 3 aromatic rings. The largest absolute Gasteiger partial charge is 0.379 e. The Balaban J connectivity index is 1.65. The second-order valence-corrected chi connectivity index (χ2v) is 9.14. The summed E-state index contributed by atoms with van der Waals surface area (Å²) in [6.07, 6.45) is 1.87. The van der Waals surface area contributed by atoms with Crippen molar-refractivity contribution in [2.45, 2.75) is 46.1 Å². The van der Waals surface area contributed by atoms with Gasteiger partial charge in [-0.05, 0) is 55.2 Å². The van der Waals surface area contributed by atoms with Crippen molar-refractivity contribution in [1.29, 1.82) is 0 Å². The number of amides is 1. The molecular weight excluding hydrogens is 431 g/mol. The van der Waals surface area contributed by atoms with Crippen molar-refractivity contribution in [3.05, 3.63) is 64.7 Å². The van der Waals surface area contributed by atoms with Crippen LogP contribution in [0.5, 0.6) is 0 Å². The fourth-order valence-electron chi connectivity index (χ4n) is 4.62. The molecule has 4 rings (SSSR count). The molecule has 182 valence electrons. The summed E-state index contributed by atoms with van der Waals surface area (Å²) in [5.41, 5.74) is 4.65. The third-order valence-electron chi connectivity index (χ3n) is 6.69. The van der Waals surface area contributed by atoms with Crippen molar-refractivity contribution in [1.82, 2.24) is 19.8 Å². The summed E-state index contributed by atoms with van der Waals surface area (Å²) < 4.78 is 22.0. The average molecular weight is 467 g/mol. The molecule has 1 aliphatic heterocycles. The highest BCUT2D eigenvalue weighted by Crippen LogP contribution is 2.28. The van der Waals surface area contributed by atoms with Gasteiger partial charge in [0.25, 0.3) is 0 Å². The lowest BCUT2D eigenvalue weighted by atomic mass is 10.1. The van der Waals surface area contributed by atoms with Gasteiger partial charge in [-0.1, -0.05) is 31.5 Å². The maximum absolute atomic E-state index is 14.5. The molecule has 1 N–H and O–H groups in total. The van der Waals surface area contributed by atoms with Crippen LogP contribution in [0.1, 0.15) is 48.3 Å². The number of hydrogen-bond donors (Lipinski definition) is 1. The molecule has 0 spiro atoms. The Morgan fingerprint density at radius 1 is 1.18 bits per heavy atom. The maximum Gasteiger partial charge on any atom is 0.243 e. The monoisotopic (exact) mass is 466 g/mol. The zero-order chi connectivity index (χ0) is 24.1. The van der Waals surface area contributed by atoms with E-state index in [-0.39, 0.29) is 11.7 Å². The van der Waals surface area contributed by atoms with E-state index >= 15 is 0 Å². The molecular formula is C27H35FN4O2. The van der Waals surface area contributed by atoms with E-state index in [9.17, 15) is 9.18 Å². The minimum atomic E-state index is -0.399. The fraction of sp³-hybridized carbons (Fsp3) is 0.481. The van der Waals surface area contributed by atoms with Crippen LogP contribution in [0, 0.1) is 19.7 Å². The second-order valence-electron chi connectivity index (χ2n) is 9.14. The highest BCUT2D eigenvalue weighted by atomic mass is 19.1. The minimum Gasteiger partial charge on any atom is -0.379 e. The molecule has 34 heavy (non-hydrogen) atoms. The number of carbonyl (C=O) groups is 1. The maximum atomic E-state index is 14.5. The van der Waals surface area contributed by atoms with E-state index in [4.69, 9.17) is 9.72 Å². The zero-order valence-corrected chi connectivity index (χ0v) is 20.4. The van der Waals surface area contributed by atoms with Gasteiger partial charge in [0.05, 0.1) is 24.2 Å². The molecule has 1 aromatic heterocycles. The molecule has 2 aromatic carbocycles. The Labute approximate surface area is 201 Å². The molecule has 0 radical (unpaired) electrons. The van der Waals surface area contributed by atoms with E-state index in [0.717, 1.165) is 61.4 Å². The first-order valence-electron chi connectivity index (χ1n) is 12.3. The summed E-state index contributed by atoms with van der Waals surface area (Å²) in [5.74, 6) is 0.449. The van der Waals surface area contributed by atoms with Crippen molar-refractivity contribution >= 4 is 16.9 Å². The first kappa shape index (κ1) is 24.4. The van der Waals surface area contributed by atoms with Crippen LogP contribution in [0.2, 0.25) is 0 Å². The molecule has 1 atom stereocenters. The summed E-state index contributed by atoms with van der Waals surface area (Å²) in [6, 6.07) is 10.5. The third kappa shape index (κ3) is 5.47. The highest BCUT2D eigenvalue weighted by molar-refractivity contribution is 5.85. The summed E-state index contributed by atoms with van der Waals surface area (Å²) in [7, 11) is 0. The number of aryl methyl sites for hydroxylation is 2. The summed E-state index contributed by atoms with van der Waals surface area (Å²) >= 11 is 0. The van der Waals surface area contributed by atoms with Crippen molar-refractivity contribution < 1.29 is 13.9 Å². The Morgan fingerprint density at radius 3 is 2.65 bits per heavy atom. The molecule has 1 amide bonds. The molecule has 0 bridgehead atoms. The van der Waals surface area contributed by atoms with E-state index in [0.29, 0.717) is 30.8 Å². The van der Waals surface area contributed by atoms with Crippen molar-refractivity contribution in [2.24, 2.45) is 0 Å². The van der Waals surface area contributed by atoms with Gasteiger partial charge in [-0.15, -0.1) is 0 Å². The highest BCUT2D eigenvalue weighted by Gasteiger charge is 2.26. The quantitative estimate of drug-likeness (QED) is 0.514. The van der Waals surface area contributed by atoms with E-state index in [1.165, 1.54) is 6.07 Å². The number of ether oxygens (including phenoxy) is 1. The van der Waals surface area contributed by atoms with Gasteiger partial charge in [0, 0.05) is 32.6 Å². The standard InChI is InChI=1S/C27H35FN4O2/c1-4-7-24(27(33)29-10-11-31-12-14-34-15-13-31)32-25-17-20(3)19(2)16-23(25)30-26(32)18-21-8-5-6-9-22(21)28/h5-6,8-9,16-17,24H,4,7,10-15,18H2,1-3H3,(H,29,33)/t24-/m1/s1. The molecule has 7 heteroatoms. The van der Waals surface area contributed by atoms with E-state index in [1.807, 2.05) is 10.6 Å². The van der Waals surface area contributed by atoms with Gasteiger partial charge in [0.2, 0.25) is 5.91 Å². The van der Waals surface area contributed by atoms with Gasteiger partial charge in [-0.2, -0.15) is 0 Å². The van der Waals surface area contributed by atoms with E-state index in [1.54, 1.807) is 12.1 Å². The lowest BCUT2D eigenvalue weighted by Gasteiger charge is -2.27. The Morgan fingerprint density at radius 2 is 1.91 bits per heavy atom. The third-order valence-corrected chi connectivity index (χ3v) is 6.69. The smallest absolute Gasteiger partial charge is 0.243 e. The fourth-order valence-corrected chi connectivity index (χ4v) is 4.62. The van der Waals surface area contributed by atoms with Gasteiger partial charge in [0.1, 0.15) is 17.7 Å². The summed E-state index contributed by atoms with van der Waals surface area (Å²) in [4.78, 5) is 20.7. The number of carbonyl (C=O) groups excluding carboxylic acids is 1. The molecule has 1 fully saturated rings. The summed E-state index contributed by atoms with van der Waals surface area (Å²) in [5, 5.41) is 3.15. The number of imidazole rings is 1. The van der Waals surface area contributed by atoms with Crippen molar-refractivity contribution in [2.75, 3.05) is 39.4 Å². The number of aromatic nitrogens is 2. The number of hydrogen-bond acceptors (Lipinski definition) is 4. The van der Waals surface area contributed by atoms with Crippen LogP contribution in [-0.2, 0) is 16.0 Å². The van der Waals surface area contributed by atoms with Crippen LogP contribution in [0.25, 0.3) is 11.0 Å². The molecule has 0 unspecified atom stereocenters. The predicted octanol–water partition coefficient (Wildman–Crippen LogP) is 4.17. The second kappa shape index (κ2) is 11.1. The number of nitrogens with zero attached hydrogens (tertiary/aromatic N) is 3. The number of benzene rings is 2. The molecule has 6 nitrogen and oxygen atoms in total. The topological polar surface area (TPSA) is 59.4 Å². The molecule has 1 aliphatic rings. The lowest BCUT2D eigenvalue weighted by molar-refractivity contribution is -0.124. The van der Waals surface area contributed by atoms with Crippen molar-refractivity contribution in [3.63, 3.8) is 0 Å². The van der Waals surface area contributed by atoms with Crippen LogP contribution in [0.3, 0.4) is 0 Å². The molecule has 1 saturated heterocycles. The Hall–Kier alpha value is -2.77. The molecule has 0 saturated carbocycles. The number of halogens is 1. The molecule has 2 heterocycles. The van der Waals surface area contributed by atoms with Crippen LogP contribution < -0.4 is 5.32 Å². The predicted molar refractivity (Wildman–Crippen MR) is 133 cm³/mol. The minimum absolute atomic E-state index is 0.0116. The Bertz CT molecular complexity index is 1140. The SMILES string of the molecule is CCC[C@H](C(=O)NCCN1CCOCC1)n1c(Cc2ccccc2F)nc2cc(C)c(C)cc21. The first-order valence-corrected chi connectivity index (χ1v) is 12.3. The van der Waals surface area contributed by atoms with Crippen LogP contribution in [-0.4, -0.2) is 59.8 Å². The summed E-state index contributed by atoms with van der Waals surface area (Å²) in [6.45, 7) is 10.9. The number of morpholine rings is 1. The van der Waals surface area contributed by atoms with Gasteiger partial charge in [-0.3, -0.25) is 9.69 Å². The van der Waals surface area contributed by atoms with Gasteiger partial charge >= 0.3 is 0 Å². The van der Waals surface area contributed by atoms with E-state index < -0.39 is 6.04 Å². The van der Waals surface area contributed by atoms with Crippen LogP contribution in [0.15, 0.2) is 36.4 Å². The van der Waals surface area contributed by atoms with Gasteiger partial charge in [0.15, 0.2) is 0 Å². The van der Waals surface area contributed by atoms with Crippen LogP contribution >= 0.6 is 0 Å². The van der Waals surface area contributed by atoms with Crippen molar-refractivity contribution in [3.8, 4) is 0 Å². The Kier molecular flexibility index (Phi) is 7.95. The average Bonchev–Trinajstić information content (AvgIpc) is 3.16. The normalized spacial score (nSPS) is 15.5. The number of fused-ring (bicyclic) bond motifs is 1. The van der Waals surface area contributed by atoms with Gasteiger partial charge < -0.3 is 14.6 Å². The van der Waals surface area contributed by atoms with E-state index in [2.05, 4.69) is 43.1 Å². The zero-order valence-electron chi connectivity index (χ0n) is 20.4. The lowest BCUT2D eigenvalue weighted by Crippen LogP contribution is -2.42.